The van der Waals surface area contributed by atoms with Gasteiger partial charge in [-0.3, -0.25) is 9.59 Å². The zero-order valence-corrected chi connectivity index (χ0v) is 11.2. The molecular weight excluding hydrogens is 206 g/mol. The van der Waals surface area contributed by atoms with Gasteiger partial charge in [-0.05, 0) is 34.6 Å². The predicted molar refractivity (Wildman–Crippen MR) is 63.0 cm³/mol. The van der Waals surface area contributed by atoms with Crippen LogP contribution >= 0.6 is 0 Å². The Morgan fingerprint density at radius 1 is 1.19 bits per heavy atom. The van der Waals surface area contributed by atoms with E-state index in [9.17, 15) is 9.59 Å². The van der Waals surface area contributed by atoms with E-state index in [-0.39, 0.29) is 30.8 Å². The predicted octanol–water partition coefficient (Wildman–Crippen LogP) is 1.98. The van der Waals surface area contributed by atoms with Crippen molar-refractivity contribution in [2.45, 2.75) is 59.1 Å². The molecule has 0 saturated heterocycles. The number of hydrogen-bond acceptors (Lipinski definition) is 3. The first-order chi connectivity index (χ1) is 7.13. The molecule has 0 bridgehead atoms. The standard InChI is InChI=1S/C12H23NO3/c1-9(2)13(6)10(14)7-8-11(15)16-12(3,4)5/h9H,7-8H2,1-6H3. The third-order valence-corrected chi connectivity index (χ3v) is 2.13. The Hall–Kier alpha value is -1.06. The highest BCUT2D eigenvalue weighted by molar-refractivity contribution is 5.81. The normalized spacial score (nSPS) is 11.4. The summed E-state index contributed by atoms with van der Waals surface area (Å²) in [6, 6.07) is 0.158. The lowest BCUT2D eigenvalue weighted by atomic mass is 10.2. The van der Waals surface area contributed by atoms with Crippen molar-refractivity contribution < 1.29 is 14.3 Å². The molecule has 0 fully saturated rings. The Labute approximate surface area is 98.0 Å². The molecule has 0 unspecified atom stereocenters. The summed E-state index contributed by atoms with van der Waals surface area (Å²) < 4.78 is 5.12. The SMILES string of the molecule is CC(C)N(C)C(=O)CCC(=O)OC(C)(C)C. The minimum absolute atomic E-state index is 0.0270. The monoisotopic (exact) mass is 229 g/mol. The van der Waals surface area contributed by atoms with Crippen LogP contribution in [0.2, 0.25) is 0 Å². The van der Waals surface area contributed by atoms with Crippen molar-refractivity contribution in [1.82, 2.24) is 4.90 Å². The molecule has 0 aliphatic heterocycles. The van der Waals surface area contributed by atoms with Gasteiger partial charge in [0, 0.05) is 19.5 Å². The van der Waals surface area contributed by atoms with Crippen LogP contribution < -0.4 is 0 Å². The second-order valence-corrected chi connectivity index (χ2v) is 5.18. The van der Waals surface area contributed by atoms with Crippen LogP contribution in [-0.2, 0) is 14.3 Å². The third-order valence-electron chi connectivity index (χ3n) is 2.13. The van der Waals surface area contributed by atoms with Crippen LogP contribution in [0, 0.1) is 0 Å². The molecular formula is C12H23NO3. The summed E-state index contributed by atoms with van der Waals surface area (Å²) in [5.41, 5.74) is -0.482. The number of carbonyl (C=O) groups excluding carboxylic acids is 2. The van der Waals surface area contributed by atoms with Crippen molar-refractivity contribution in [3.05, 3.63) is 0 Å². The van der Waals surface area contributed by atoms with Crippen molar-refractivity contribution in [2.24, 2.45) is 0 Å². The molecule has 0 aliphatic carbocycles. The van der Waals surface area contributed by atoms with Gasteiger partial charge in [-0.15, -0.1) is 0 Å². The van der Waals surface area contributed by atoms with E-state index < -0.39 is 5.60 Å². The minimum atomic E-state index is -0.482. The molecule has 0 aromatic rings. The highest BCUT2D eigenvalue weighted by atomic mass is 16.6. The van der Waals surface area contributed by atoms with Crippen LogP contribution in [0.4, 0.5) is 0 Å². The number of hydrogen-bond donors (Lipinski definition) is 0. The average molecular weight is 229 g/mol. The van der Waals surface area contributed by atoms with Crippen molar-refractivity contribution in [3.8, 4) is 0 Å². The van der Waals surface area contributed by atoms with Crippen LogP contribution in [0.3, 0.4) is 0 Å². The topological polar surface area (TPSA) is 46.6 Å². The van der Waals surface area contributed by atoms with Crippen LogP contribution in [0.1, 0.15) is 47.5 Å². The fraction of sp³-hybridized carbons (Fsp3) is 0.833. The van der Waals surface area contributed by atoms with Crippen LogP contribution in [-0.4, -0.2) is 35.5 Å². The van der Waals surface area contributed by atoms with Crippen LogP contribution in [0.15, 0.2) is 0 Å². The van der Waals surface area contributed by atoms with Gasteiger partial charge in [-0.1, -0.05) is 0 Å². The van der Waals surface area contributed by atoms with Crippen molar-refractivity contribution >= 4 is 11.9 Å². The van der Waals surface area contributed by atoms with E-state index in [1.54, 1.807) is 11.9 Å². The van der Waals surface area contributed by atoms with Crippen molar-refractivity contribution in [3.63, 3.8) is 0 Å². The number of esters is 1. The van der Waals surface area contributed by atoms with E-state index in [4.69, 9.17) is 4.74 Å². The summed E-state index contributed by atoms with van der Waals surface area (Å²) >= 11 is 0. The minimum Gasteiger partial charge on any atom is -0.460 e. The van der Waals surface area contributed by atoms with Gasteiger partial charge in [0.2, 0.25) is 5.91 Å². The molecule has 0 heterocycles. The summed E-state index contributed by atoms with van der Waals surface area (Å²) in [7, 11) is 1.74. The number of ether oxygens (including phenoxy) is 1. The van der Waals surface area contributed by atoms with E-state index in [1.165, 1.54) is 0 Å². The molecule has 0 atom stereocenters. The van der Waals surface area contributed by atoms with E-state index in [1.807, 2.05) is 34.6 Å². The van der Waals surface area contributed by atoms with E-state index >= 15 is 0 Å². The maximum atomic E-state index is 11.6. The Balaban J connectivity index is 3.98. The summed E-state index contributed by atoms with van der Waals surface area (Å²) in [6.07, 6.45) is 0.358. The van der Waals surface area contributed by atoms with Gasteiger partial charge in [0.15, 0.2) is 0 Å². The zero-order chi connectivity index (χ0) is 12.9. The molecule has 0 spiro atoms. The largest absolute Gasteiger partial charge is 0.460 e. The molecule has 4 heteroatoms. The number of nitrogens with zero attached hydrogens (tertiary/aromatic N) is 1. The van der Waals surface area contributed by atoms with Crippen LogP contribution in [0.25, 0.3) is 0 Å². The first-order valence-electron chi connectivity index (χ1n) is 5.61. The highest BCUT2D eigenvalue weighted by Crippen LogP contribution is 2.10. The fourth-order valence-electron chi connectivity index (χ4n) is 1.07. The van der Waals surface area contributed by atoms with Gasteiger partial charge in [0.25, 0.3) is 0 Å². The molecule has 16 heavy (non-hydrogen) atoms. The maximum Gasteiger partial charge on any atom is 0.306 e. The van der Waals surface area contributed by atoms with Crippen LogP contribution in [0.5, 0.6) is 0 Å². The molecule has 4 nitrogen and oxygen atoms in total. The quantitative estimate of drug-likeness (QED) is 0.692. The van der Waals surface area contributed by atoms with E-state index in [0.29, 0.717) is 0 Å². The molecule has 0 aromatic heterocycles. The second-order valence-electron chi connectivity index (χ2n) is 5.18. The van der Waals surface area contributed by atoms with Gasteiger partial charge < -0.3 is 9.64 Å². The lowest BCUT2D eigenvalue weighted by Gasteiger charge is -2.22. The summed E-state index contributed by atoms with van der Waals surface area (Å²) in [4.78, 5) is 24.6. The molecule has 0 aliphatic rings. The molecule has 0 saturated carbocycles. The van der Waals surface area contributed by atoms with Gasteiger partial charge in [-0.25, -0.2) is 0 Å². The molecule has 94 valence electrons. The molecule has 0 radical (unpaired) electrons. The highest BCUT2D eigenvalue weighted by Gasteiger charge is 2.18. The van der Waals surface area contributed by atoms with Crippen molar-refractivity contribution in [2.75, 3.05) is 7.05 Å². The second kappa shape index (κ2) is 5.87. The Kier molecular flexibility index (Phi) is 5.48. The third kappa shape index (κ3) is 6.43. The molecule has 0 aromatic carbocycles. The van der Waals surface area contributed by atoms with Crippen molar-refractivity contribution in [1.29, 1.82) is 0 Å². The maximum absolute atomic E-state index is 11.6. The van der Waals surface area contributed by atoms with Gasteiger partial charge >= 0.3 is 5.97 Å². The zero-order valence-electron chi connectivity index (χ0n) is 11.2. The Morgan fingerprint density at radius 2 is 1.69 bits per heavy atom. The lowest BCUT2D eigenvalue weighted by Crippen LogP contribution is -2.33. The lowest BCUT2D eigenvalue weighted by molar-refractivity contribution is -0.156. The number of carbonyl (C=O) groups is 2. The summed E-state index contributed by atoms with van der Waals surface area (Å²) in [6.45, 7) is 9.31. The van der Waals surface area contributed by atoms with E-state index in [0.717, 1.165) is 0 Å². The average Bonchev–Trinajstić information content (AvgIpc) is 2.09. The molecule has 0 rings (SSSR count). The Morgan fingerprint density at radius 3 is 2.06 bits per heavy atom. The number of rotatable bonds is 4. The fourth-order valence-corrected chi connectivity index (χ4v) is 1.07. The summed E-state index contributed by atoms with van der Waals surface area (Å²) in [5.74, 6) is -0.348. The Bertz CT molecular complexity index is 253. The molecule has 1 amide bonds. The number of amides is 1. The molecule has 0 N–H and O–H groups in total. The first-order valence-corrected chi connectivity index (χ1v) is 5.61. The smallest absolute Gasteiger partial charge is 0.306 e. The van der Waals surface area contributed by atoms with Gasteiger partial charge in [0.05, 0.1) is 6.42 Å². The summed E-state index contributed by atoms with van der Waals surface area (Å²) in [5, 5.41) is 0. The van der Waals surface area contributed by atoms with E-state index in [2.05, 4.69) is 0 Å². The van der Waals surface area contributed by atoms with Gasteiger partial charge in [0.1, 0.15) is 5.60 Å². The van der Waals surface area contributed by atoms with Gasteiger partial charge in [-0.2, -0.15) is 0 Å². The first kappa shape index (κ1) is 14.9.